The van der Waals surface area contributed by atoms with E-state index >= 15 is 0 Å². The molecule has 0 saturated carbocycles. The first kappa shape index (κ1) is 14.2. The van der Waals surface area contributed by atoms with Crippen molar-refractivity contribution in [3.8, 4) is 0 Å². The summed E-state index contributed by atoms with van der Waals surface area (Å²) in [5.41, 5.74) is -0.661. The SMILES string of the molecule is CNc1ccc(Cl)c(C(=O)Nc2c(F)cccc2F)n1. The Hall–Kier alpha value is -2.21. The summed E-state index contributed by atoms with van der Waals surface area (Å²) >= 11 is 5.86. The maximum absolute atomic E-state index is 13.5. The van der Waals surface area contributed by atoms with E-state index in [9.17, 15) is 13.6 Å². The Kier molecular flexibility index (Phi) is 4.14. The van der Waals surface area contributed by atoms with Gasteiger partial charge in [0.2, 0.25) is 0 Å². The summed E-state index contributed by atoms with van der Waals surface area (Å²) in [5.74, 6) is -2.14. The molecule has 0 fully saturated rings. The van der Waals surface area contributed by atoms with Gasteiger partial charge in [0.05, 0.1) is 5.02 Å². The van der Waals surface area contributed by atoms with Crippen LogP contribution in [0.1, 0.15) is 10.5 Å². The first-order chi connectivity index (χ1) is 9.52. The van der Waals surface area contributed by atoms with Crippen molar-refractivity contribution in [1.29, 1.82) is 0 Å². The van der Waals surface area contributed by atoms with Crippen molar-refractivity contribution in [2.45, 2.75) is 0 Å². The number of anilines is 2. The normalized spacial score (nSPS) is 10.2. The van der Waals surface area contributed by atoms with Crippen LogP contribution in [0.3, 0.4) is 0 Å². The molecule has 1 heterocycles. The third-order valence-corrected chi connectivity index (χ3v) is 2.82. The molecule has 0 saturated heterocycles. The summed E-state index contributed by atoms with van der Waals surface area (Å²) in [6, 6.07) is 6.32. The average Bonchev–Trinajstić information content (AvgIpc) is 2.43. The molecule has 2 aromatic rings. The second kappa shape index (κ2) is 5.83. The van der Waals surface area contributed by atoms with Crippen molar-refractivity contribution in [2.24, 2.45) is 0 Å². The molecule has 4 nitrogen and oxygen atoms in total. The van der Waals surface area contributed by atoms with Crippen LogP contribution in [0.4, 0.5) is 20.3 Å². The van der Waals surface area contributed by atoms with E-state index in [1.807, 2.05) is 0 Å². The highest BCUT2D eigenvalue weighted by molar-refractivity contribution is 6.34. The minimum absolute atomic E-state index is 0.0817. The Bertz CT molecular complexity index is 644. The van der Waals surface area contributed by atoms with E-state index in [-0.39, 0.29) is 10.7 Å². The lowest BCUT2D eigenvalue weighted by molar-refractivity contribution is 0.102. The number of carbonyl (C=O) groups is 1. The van der Waals surface area contributed by atoms with Crippen molar-refractivity contribution < 1.29 is 13.6 Å². The smallest absolute Gasteiger partial charge is 0.276 e. The van der Waals surface area contributed by atoms with Crippen LogP contribution in [-0.2, 0) is 0 Å². The quantitative estimate of drug-likeness (QED) is 0.914. The summed E-state index contributed by atoms with van der Waals surface area (Å²) in [6.07, 6.45) is 0. The topological polar surface area (TPSA) is 54.0 Å². The third-order valence-electron chi connectivity index (χ3n) is 2.52. The van der Waals surface area contributed by atoms with E-state index < -0.39 is 23.2 Å². The zero-order valence-corrected chi connectivity index (χ0v) is 11.1. The van der Waals surface area contributed by atoms with Gasteiger partial charge in [0.15, 0.2) is 0 Å². The predicted octanol–water partition coefficient (Wildman–Crippen LogP) is 3.31. The Labute approximate surface area is 118 Å². The number of pyridine rings is 1. The first-order valence-corrected chi connectivity index (χ1v) is 6.00. The first-order valence-electron chi connectivity index (χ1n) is 5.62. The lowest BCUT2D eigenvalue weighted by Crippen LogP contribution is -2.17. The minimum atomic E-state index is -0.876. The summed E-state index contributed by atoms with van der Waals surface area (Å²) in [6.45, 7) is 0. The molecular formula is C13H10ClF2N3O. The van der Waals surface area contributed by atoms with E-state index in [0.717, 1.165) is 12.1 Å². The van der Waals surface area contributed by atoms with Crippen LogP contribution >= 0.6 is 11.6 Å². The minimum Gasteiger partial charge on any atom is -0.373 e. The van der Waals surface area contributed by atoms with Gasteiger partial charge in [-0.1, -0.05) is 17.7 Å². The van der Waals surface area contributed by atoms with Crippen molar-refractivity contribution in [3.05, 3.63) is 52.7 Å². The molecule has 2 rings (SSSR count). The molecule has 2 N–H and O–H groups in total. The van der Waals surface area contributed by atoms with Gasteiger partial charge < -0.3 is 10.6 Å². The van der Waals surface area contributed by atoms with Gasteiger partial charge in [-0.2, -0.15) is 0 Å². The highest BCUT2D eigenvalue weighted by Crippen LogP contribution is 2.21. The van der Waals surface area contributed by atoms with Crippen LogP contribution in [-0.4, -0.2) is 17.9 Å². The average molecular weight is 298 g/mol. The van der Waals surface area contributed by atoms with Crippen molar-refractivity contribution in [2.75, 3.05) is 17.7 Å². The molecule has 0 atom stereocenters. The largest absolute Gasteiger partial charge is 0.373 e. The molecule has 0 bridgehead atoms. The monoisotopic (exact) mass is 297 g/mol. The van der Waals surface area contributed by atoms with Crippen molar-refractivity contribution >= 4 is 29.0 Å². The zero-order chi connectivity index (χ0) is 14.7. The lowest BCUT2D eigenvalue weighted by atomic mass is 10.2. The van der Waals surface area contributed by atoms with Crippen LogP contribution < -0.4 is 10.6 Å². The van der Waals surface area contributed by atoms with Gasteiger partial charge in [0.25, 0.3) is 5.91 Å². The molecule has 1 aromatic heterocycles. The lowest BCUT2D eigenvalue weighted by Gasteiger charge is -2.09. The molecule has 0 aliphatic carbocycles. The van der Waals surface area contributed by atoms with Crippen LogP contribution in [0.2, 0.25) is 5.02 Å². The number of nitrogens with one attached hydrogen (secondary N) is 2. The zero-order valence-electron chi connectivity index (χ0n) is 10.4. The number of hydrogen-bond acceptors (Lipinski definition) is 3. The third kappa shape index (κ3) is 2.85. The standard InChI is InChI=1S/C13H10ClF2N3O/c1-17-10-6-5-7(14)11(18-10)13(20)19-12-8(15)3-2-4-9(12)16/h2-6H,1H3,(H,17,18)(H,19,20). The van der Waals surface area contributed by atoms with E-state index in [2.05, 4.69) is 15.6 Å². The molecule has 1 aromatic carbocycles. The molecule has 0 radical (unpaired) electrons. The van der Waals surface area contributed by atoms with Crippen LogP contribution in [0.5, 0.6) is 0 Å². The number of aromatic nitrogens is 1. The van der Waals surface area contributed by atoms with E-state index in [1.54, 1.807) is 13.1 Å². The van der Waals surface area contributed by atoms with Crippen molar-refractivity contribution in [1.82, 2.24) is 4.98 Å². The number of nitrogens with zero attached hydrogens (tertiary/aromatic N) is 1. The number of amides is 1. The van der Waals surface area contributed by atoms with Gasteiger partial charge in [0, 0.05) is 7.05 Å². The summed E-state index contributed by atoms with van der Waals surface area (Å²) in [5, 5.41) is 4.94. The van der Waals surface area contributed by atoms with Crippen molar-refractivity contribution in [3.63, 3.8) is 0 Å². The fraction of sp³-hybridized carbons (Fsp3) is 0.0769. The number of para-hydroxylation sites is 1. The van der Waals surface area contributed by atoms with Crippen LogP contribution in [0.25, 0.3) is 0 Å². The Morgan fingerprint density at radius 1 is 1.20 bits per heavy atom. The molecule has 0 unspecified atom stereocenters. The van der Waals surface area contributed by atoms with E-state index in [1.165, 1.54) is 12.1 Å². The molecule has 0 spiro atoms. The fourth-order valence-corrected chi connectivity index (χ4v) is 1.72. The molecule has 0 aliphatic heterocycles. The molecule has 0 aliphatic rings. The highest BCUT2D eigenvalue weighted by atomic mass is 35.5. The van der Waals surface area contributed by atoms with Gasteiger partial charge in [-0.3, -0.25) is 4.79 Å². The number of hydrogen-bond donors (Lipinski definition) is 2. The van der Waals surface area contributed by atoms with E-state index in [0.29, 0.717) is 5.82 Å². The summed E-state index contributed by atoms with van der Waals surface area (Å²) < 4.78 is 26.9. The summed E-state index contributed by atoms with van der Waals surface area (Å²) in [7, 11) is 1.62. The van der Waals surface area contributed by atoms with Gasteiger partial charge in [-0.05, 0) is 24.3 Å². The molecule has 1 amide bonds. The van der Waals surface area contributed by atoms with E-state index in [4.69, 9.17) is 11.6 Å². The van der Waals surface area contributed by atoms with Gasteiger partial charge in [-0.25, -0.2) is 13.8 Å². The predicted molar refractivity (Wildman–Crippen MR) is 73.1 cm³/mol. The molecule has 20 heavy (non-hydrogen) atoms. The van der Waals surface area contributed by atoms with Gasteiger partial charge in [0.1, 0.15) is 28.8 Å². The number of rotatable bonds is 3. The maximum atomic E-state index is 13.5. The second-order valence-corrected chi connectivity index (χ2v) is 4.23. The Morgan fingerprint density at radius 2 is 1.85 bits per heavy atom. The number of benzene rings is 1. The van der Waals surface area contributed by atoms with Crippen LogP contribution in [0.15, 0.2) is 30.3 Å². The Balaban J connectivity index is 2.33. The van der Waals surface area contributed by atoms with Gasteiger partial charge in [-0.15, -0.1) is 0 Å². The van der Waals surface area contributed by atoms with Crippen LogP contribution in [0, 0.1) is 11.6 Å². The summed E-state index contributed by atoms with van der Waals surface area (Å²) in [4.78, 5) is 15.9. The molecule has 7 heteroatoms. The Morgan fingerprint density at radius 3 is 2.45 bits per heavy atom. The number of carbonyl (C=O) groups excluding carboxylic acids is 1. The molecular weight excluding hydrogens is 288 g/mol. The number of halogens is 3. The highest BCUT2D eigenvalue weighted by Gasteiger charge is 2.17. The maximum Gasteiger partial charge on any atom is 0.276 e. The molecule has 104 valence electrons. The second-order valence-electron chi connectivity index (χ2n) is 3.83. The fourth-order valence-electron chi connectivity index (χ4n) is 1.53. The van der Waals surface area contributed by atoms with Gasteiger partial charge >= 0.3 is 0 Å².